The lowest BCUT2D eigenvalue weighted by molar-refractivity contribution is 0.313. The van der Waals surface area contributed by atoms with E-state index in [0.717, 1.165) is 26.2 Å². The lowest BCUT2D eigenvalue weighted by Crippen LogP contribution is -2.44. The number of allylic oxidation sites excluding steroid dienone is 3. The maximum absolute atomic E-state index is 2.49. The standard InChI is InChI=1S/C26H31N3/c1-27(2)24-13-9-22(10-14-24)26(21-7-5-4-6-8-21)23-11-15-25(16-12-23)29-19-17-28(3)18-20-29/h4-16,24H,17-20H2,1-3H3. The minimum Gasteiger partial charge on any atom is -0.369 e. The van der Waals surface area contributed by atoms with Crippen molar-refractivity contribution in [2.45, 2.75) is 6.04 Å². The molecule has 0 spiro atoms. The summed E-state index contributed by atoms with van der Waals surface area (Å²) in [6.45, 7) is 4.45. The molecular formula is C26H31N3. The Labute approximate surface area is 175 Å². The van der Waals surface area contributed by atoms with Crippen LogP contribution in [0.2, 0.25) is 0 Å². The molecule has 0 amide bonds. The van der Waals surface area contributed by atoms with E-state index in [0.29, 0.717) is 6.04 Å². The Morgan fingerprint density at radius 1 is 0.793 bits per heavy atom. The van der Waals surface area contributed by atoms with Crippen molar-refractivity contribution >= 4 is 11.3 Å². The van der Waals surface area contributed by atoms with E-state index in [-0.39, 0.29) is 0 Å². The minimum atomic E-state index is 0.357. The molecule has 3 nitrogen and oxygen atoms in total. The van der Waals surface area contributed by atoms with Crippen LogP contribution in [0.25, 0.3) is 5.57 Å². The molecule has 0 atom stereocenters. The second kappa shape index (κ2) is 8.81. The van der Waals surface area contributed by atoms with Crippen LogP contribution < -0.4 is 4.90 Å². The molecule has 29 heavy (non-hydrogen) atoms. The van der Waals surface area contributed by atoms with Gasteiger partial charge in [0.1, 0.15) is 0 Å². The zero-order valence-electron chi connectivity index (χ0n) is 17.8. The Morgan fingerprint density at radius 3 is 1.97 bits per heavy atom. The molecule has 1 saturated heterocycles. The van der Waals surface area contributed by atoms with Crippen LogP contribution in [0.4, 0.5) is 5.69 Å². The molecule has 1 aliphatic carbocycles. The van der Waals surface area contributed by atoms with Crippen molar-refractivity contribution in [2.24, 2.45) is 0 Å². The Morgan fingerprint density at radius 2 is 1.38 bits per heavy atom. The molecule has 0 unspecified atom stereocenters. The van der Waals surface area contributed by atoms with Gasteiger partial charge in [-0.05, 0) is 55.5 Å². The molecule has 0 bridgehead atoms. The van der Waals surface area contributed by atoms with E-state index >= 15 is 0 Å². The predicted octanol–water partition coefficient (Wildman–Crippen LogP) is 4.30. The summed E-state index contributed by atoms with van der Waals surface area (Å²) in [6.07, 6.45) is 9.08. The van der Waals surface area contributed by atoms with Crippen LogP contribution in [0.5, 0.6) is 0 Å². The van der Waals surface area contributed by atoms with Crippen molar-refractivity contribution in [3.8, 4) is 0 Å². The third-order valence-corrected chi connectivity index (χ3v) is 5.92. The van der Waals surface area contributed by atoms with Gasteiger partial charge in [0.2, 0.25) is 0 Å². The molecule has 0 N–H and O–H groups in total. The molecule has 1 heterocycles. The first-order valence-electron chi connectivity index (χ1n) is 10.5. The van der Waals surface area contributed by atoms with Crippen LogP contribution in [0.1, 0.15) is 11.1 Å². The van der Waals surface area contributed by atoms with Gasteiger partial charge >= 0.3 is 0 Å². The fourth-order valence-electron chi connectivity index (χ4n) is 4.04. The van der Waals surface area contributed by atoms with E-state index in [1.54, 1.807) is 0 Å². The fraction of sp³-hybridized carbons (Fsp3) is 0.308. The SMILES string of the molecule is CN1CCN(c2ccc(C(=C3C=CC(N(C)C)C=C3)c3ccccc3)cc2)CC1. The van der Waals surface area contributed by atoms with Crippen molar-refractivity contribution in [3.05, 3.63) is 95.6 Å². The second-order valence-corrected chi connectivity index (χ2v) is 8.21. The van der Waals surface area contributed by atoms with Crippen LogP contribution >= 0.6 is 0 Å². The molecule has 0 saturated carbocycles. The molecular weight excluding hydrogens is 354 g/mol. The van der Waals surface area contributed by atoms with Crippen molar-refractivity contribution < 1.29 is 0 Å². The topological polar surface area (TPSA) is 9.72 Å². The van der Waals surface area contributed by atoms with Crippen molar-refractivity contribution in [1.82, 2.24) is 9.80 Å². The first kappa shape index (κ1) is 19.7. The Hall–Kier alpha value is -2.62. The number of hydrogen-bond acceptors (Lipinski definition) is 3. The van der Waals surface area contributed by atoms with Crippen LogP contribution in [-0.2, 0) is 0 Å². The molecule has 0 radical (unpaired) electrons. The number of benzene rings is 2. The van der Waals surface area contributed by atoms with Crippen LogP contribution in [-0.4, -0.2) is 63.2 Å². The monoisotopic (exact) mass is 385 g/mol. The van der Waals surface area contributed by atoms with Gasteiger partial charge in [0.25, 0.3) is 0 Å². The highest BCUT2D eigenvalue weighted by atomic mass is 15.2. The van der Waals surface area contributed by atoms with E-state index in [4.69, 9.17) is 0 Å². The number of hydrogen-bond donors (Lipinski definition) is 0. The van der Waals surface area contributed by atoms with Gasteiger partial charge < -0.3 is 9.80 Å². The summed E-state index contributed by atoms with van der Waals surface area (Å²) in [4.78, 5) is 7.10. The average Bonchev–Trinajstić information content (AvgIpc) is 2.76. The molecule has 4 rings (SSSR count). The highest BCUT2D eigenvalue weighted by Crippen LogP contribution is 2.31. The number of likely N-dealkylation sites (N-methyl/N-ethyl adjacent to an activating group) is 2. The molecule has 2 aliphatic rings. The number of nitrogens with zero attached hydrogens (tertiary/aromatic N) is 3. The summed E-state index contributed by atoms with van der Waals surface area (Å²) in [5, 5.41) is 0. The fourth-order valence-corrected chi connectivity index (χ4v) is 4.04. The summed E-state index contributed by atoms with van der Waals surface area (Å²) >= 11 is 0. The summed E-state index contributed by atoms with van der Waals surface area (Å²) in [6, 6.07) is 20.2. The number of rotatable bonds is 4. The summed E-state index contributed by atoms with van der Waals surface area (Å²) < 4.78 is 0. The number of anilines is 1. The molecule has 2 aromatic carbocycles. The normalized spacial score (nSPS) is 19.8. The van der Waals surface area contributed by atoms with Gasteiger partial charge in [-0.2, -0.15) is 0 Å². The lowest BCUT2D eigenvalue weighted by atomic mass is 9.90. The third-order valence-electron chi connectivity index (χ3n) is 5.92. The van der Waals surface area contributed by atoms with Crippen LogP contribution in [0, 0.1) is 0 Å². The summed E-state index contributed by atoms with van der Waals surface area (Å²) in [5.74, 6) is 0. The first-order valence-corrected chi connectivity index (χ1v) is 10.5. The largest absolute Gasteiger partial charge is 0.369 e. The highest BCUT2D eigenvalue weighted by molar-refractivity contribution is 5.86. The number of piperazine rings is 1. The van der Waals surface area contributed by atoms with Gasteiger partial charge in [-0.3, -0.25) is 4.90 Å². The van der Waals surface area contributed by atoms with Crippen LogP contribution in [0.15, 0.2) is 84.5 Å². The second-order valence-electron chi connectivity index (χ2n) is 8.21. The van der Waals surface area contributed by atoms with Gasteiger partial charge in [-0.25, -0.2) is 0 Å². The Kier molecular flexibility index (Phi) is 5.98. The third kappa shape index (κ3) is 4.52. The minimum absolute atomic E-state index is 0.357. The highest BCUT2D eigenvalue weighted by Gasteiger charge is 2.16. The predicted molar refractivity (Wildman–Crippen MR) is 124 cm³/mol. The lowest BCUT2D eigenvalue weighted by Gasteiger charge is -2.34. The zero-order valence-corrected chi connectivity index (χ0v) is 17.8. The van der Waals surface area contributed by atoms with E-state index < -0.39 is 0 Å². The van der Waals surface area contributed by atoms with E-state index in [1.807, 2.05) is 0 Å². The van der Waals surface area contributed by atoms with Gasteiger partial charge in [0.05, 0.1) is 0 Å². The van der Waals surface area contributed by atoms with Gasteiger partial charge in [0.15, 0.2) is 0 Å². The van der Waals surface area contributed by atoms with Crippen molar-refractivity contribution in [1.29, 1.82) is 0 Å². The van der Waals surface area contributed by atoms with Crippen molar-refractivity contribution in [2.75, 3.05) is 52.2 Å². The van der Waals surface area contributed by atoms with Gasteiger partial charge in [-0.1, -0.05) is 66.8 Å². The quantitative estimate of drug-likeness (QED) is 0.777. The molecule has 150 valence electrons. The van der Waals surface area contributed by atoms with E-state index in [1.165, 1.54) is 28.0 Å². The molecule has 1 fully saturated rings. The van der Waals surface area contributed by atoms with Crippen LogP contribution in [0.3, 0.4) is 0 Å². The van der Waals surface area contributed by atoms with Gasteiger partial charge in [-0.15, -0.1) is 0 Å². The smallest absolute Gasteiger partial charge is 0.0462 e. The maximum atomic E-state index is 2.49. The zero-order chi connectivity index (χ0) is 20.2. The van der Waals surface area contributed by atoms with Crippen molar-refractivity contribution in [3.63, 3.8) is 0 Å². The average molecular weight is 386 g/mol. The Balaban J connectivity index is 1.67. The van der Waals surface area contributed by atoms with Gasteiger partial charge in [0, 0.05) is 37.9 Å². The van der Waals surface area contributed by atoms with E-state index in [2.05, 4.69) is 115 Å². The molecule has 3 heteroatoms. The Bertz CT molecular complexity index is 883. The summed E-state index contributed by atoms with van der Waals surface area (Å²) in [7, 11) is 6.43. The summed E-state index contributed by atoms with van der Waals surface area (Å²) in [5.41, 5.74) is 6.40. The first-order chi connectivity index (χ1) is 14.1. The molecule has 0 aromatic heterocycles. The molecule has 2 aromatic rings. The van der Waals surface area contributed by atoms with E-state index in [9.17, 15) is 0 Å². The maximum Gasteiger partial charge on any atom is 0.0462 e. The molecule has 1 aliphatic heterocycles.